The van der Waals surface area contributed by atoms with Crippen LogP contribution in [0.25, 0.3) is 16.6 Å². The minimum atomic E-state index is -0.899. The van der Waals surface area contributed by atoms with Crippen molar-refractivity contribution >= 4 is 22.6 Å². The lowest BCUT2D eigenvalue weighted by molar-refractivity contribution is -0.138. The molecular weight excluding hydrogens is 386 g/mol. The van der Waals surface area contributed by atoms with Crippen LogP contribution >= 0.6 is 0 Å². The van der Waals surface area contributed by atoms with Gasteiger partial charge >= 0.3 is 5.97 Å². The van der Waals surface area contributed by atoms with Gasteiger partial charge in [-0.1, -0.05) is 24.3 Å². The SMILES string of the molecule is CCOC(=O)C1=C(N)n2c(=O)c3ccccc3c(=O)n2C1c1ccc(OCC)cc1. The maximum Gasteiger partial charge on any atom is 0.340 e. The van der Waals surface area contributed by atoms with E-state index in [9.17, 15) is 14.4 Å². The topological polar surface area (TPSA) is 106 Å². The number of rotatable bonds is 5. The van der Waals surface area contributed by atoms with Crippen LogP contribution in [0.1, 0.15) is 25.5 Å². The number of ether oxygens (including phenoxy) is 2. The van der Waals surface area contributed by atoms with Crippen molar-refractivity contribution in [2.24, 2.45) is 5.73 Å². The van der Waals surface area contributed by atoms with Gasteiger partial charge in [0, 0.05) is 0 Å². The van der Waals surface area contributed by atoms with E-state index >= 15 is 0 Å². The Morgan fingerprint density at radius 1 is 0.967 bits per heavy atom. The van der Waals surface area contributed by atoms with Gasteiger partial charge in [-0.15, -0.1) is 0 Å². The molecule has 2 aromatic carbocycles. The van der Waals surface area contributed by atoms with Crippen LogP contribution in [0.4, 0.5) is 0 Å². The molecule has 8 nitrogen and oxygen atoms in total. The average molecular weight is 407 g/mol. The summed E-state index contributed by atoms with van der Waals surface area (Å²) in [4.78, 5) is 39.3. The number of nitrogens with zero attached hydrogens (tertiary/aromatic N) is 2. The van der Waals surface area contributed by atoms with Crippen molar-refractivity contribution in [3.05, 3.63) is 80.4 Å². The van der Waals surface area contributed by atoms with Crippen molar-refractivity contribution in [1.82, 2.24) is 9.36 Å². The third kappa shape index (κ3) is 2.88. The molecule has 1 aliphatic heterocycles. The van der Waals surface area contributed by atoms with Crippen LogP contribution in [0, 0.1) is 0 Å². The van der Waals surface area contributed by atoms with Gasteiger partial charge in [0.2, 0.25) is 0 Å². The summed E-state index contributed by atoms with van der Waals surface area (Å²) in [5, 5.41) is 0.491. The fourth-order valence-corrected chi connectivity index (χ4v) is 3.76. The average Bonchev–Trinajstić information content (AvgIpc) is 3.06. The molecular formula is C22H21N3O5. The maximum absolute atomic E-state index is 13.3. The zero-order valence-corrected chi connectivity index (χ0v) is 16.6. The molecule has 4 rings (SSSR count). The summed E-state index contributed by atoms with van der Waals surface area (Å²) in [5.74, 6) is -0.134. The molecule has 2 N–H and O–H groups in total. The second kappa shape index (κ2) is 7.55. The highest BCUT2D eigenvalue weighted by Crippen LogP contribution is 2.34. The lowest BCUT2D eigenvalue weighted by Crippen LogP contribution is -2.38. The molecule has 0 aliphatic carbocycles. The molecule has 1 atom stereocenters. The summed E-state index contributed by atoms with van der Waals surface area (Å²) in [7, 11) is 0. The van der Waals surface area contributed by atoms with Crippen molar-refractivity contribution in [2.45, 2.75) is 19.9 Å². The summed E-state index contributed by atoms with van der Waals surface area (Å²) >= 11 is 0. The first-order valence-corrected chi connectivity index (χ1v) is 9.66. The van der Waals surface area contributed by atoms with Crippen molar-refractivity contribution in [2.75, 3.05) is 13.2 Å². The molecule has 0 bridgehead atoms. The van der Waals surface area contributed by atoms with Crippen molar-refractivity contribution < 1.29 is 14.3 Å². The standard InChI is InChI=1S/C22H21N3O5/c1-3-29-14-11-9-13(10-12-14)18-17(22(28)30-4-2)19(23)25-21(27)16-8-6-5-7-15(16)20(26)24(18)25/h5-12,18H,3-4,23H2,1-2H3. The van der Waals surface area contributed by atoms with E-state index in [4.69, 9.17) is 15.2 Å². The molecule has 0 saturated carbocycles. The van der Waals surface area contributed by atoms with Crippen molar-refractivity contribution in [1.29, 1.82) is 0 Å². The number of benzene rings is 2. The summed E-state index contributed by atoms with van der Waals surface area (Å²) in [6.07, 6.45) is 0. The Morgan fingerprint density at radius 2 is 1.60 bits per heavy atom. The Hall–Kier alpha value is -3.81. The van der Waals surface area contributed by atoms with Gasteiger partial charge in [0.15, 0.2) is 0 Å². The zero-order valence-electron chi connectivity index (χ0n) is 16.6. The third-order valence-corrected chi connectivity index (χ3v) is 5.03. The van der Waals surface area contributed by atoms with Crippen molar-refractivity contribution in [3.63, 3.8) is 0 Å². The number of carbonyl (C=O) groups is 1. The van der Waals surface area contributed by atoms with Crippen LogP contribution in [-0.2, 0) is 9.53 Å². The van der Waals surface area contributed by atoms with Crippen LogP contribution in [0.15, 0.2) is 63.7 Å². The van der Waals surface area contributed by atoms with Gasteiger partial charge in [-0.2, -0.15) is 4.68 Å². The Bertz CT molecular complexity index is 1280. The molecule has 0 saturated heterocycles. The Labute approximate surface area is 171 Å². The third-order valence-electron chi connectivity index (χ3n) is 5.03. The summed E-state index contributed by atoms with van der Waals surface area (Å²) in [5.41, 5.74) is 6.00. The van der Waals surface area contributed by atoms with Crippen LogP contribution < -0.4 is 21.6 Å². The van der Waals surface area contributed by atoms with Crippen LogP contribution in [0.3, 0.4) is 0 Å². The van der Waals surface area contributed by atoms with E-state index in [0.29, 0.717) is 17.9 Å². The van der Waals surface area contributed by atoms with E-state index in [1.807, 2.05) is 6.92 Å². The van der Waals surface area contributed by atoms with E-state index in [0.717, 1.165) is 4.68 Å². The number of aromatic nitrogens is 2. The predicted octanol–water partition coefficient (Wildman–Crippen LogP) is 1.86. The summed E-state index contributed by atoms with van der Waals surface area (Å²) < 4.78 is 13.0. The highest BCUT2D eigenvalue weighted by Gasteiger charge is 2.38. The normalized spacial score (nSPS) is 15.3. The molecule has 8 heteroatoms. The number of fused-ring (bicyclic) bond motifs is 2. The van der Waals surface area contributed by atoms with E-state index < -0.39 is 23.1 Å². The van der Waals surface area contributed by atoms with Crippen LogP contribution in [-0.4, -0.2) is 28.5 Å². The monoisotopic (exact) mass is 407 g/mol. The molecule has 2 heterocycles. The number of carbonyl (C=O) groups excluding carboxylic acids is 1. The molecule has 30 heavy (non-hydrogen) atoms. The quantitative estimate of drug-likeness (QED) is 0.647. The van der Waals surface area contributed by atoms with Crippen LogP contribution in [0.2, 0.25) is 0 Å². The second-order valence-corrected chi connectivity index (χ2v) is 6.74. The van der Waals surface area contributed by atoms with E-state index in [2.05, 4.69) is 0 Å². The fraction of sp³-hybridized carbons (Fsp3) is 0.227. The van der Waals surface area contributed by atoms with Gasteiger partial charge in [-0.25, -0.2) is 9.48 Å². The minimum Gasteiger partial charge on any atom is -0.494 e. The van der Waals surface area contributed by atoms with Gasteiger partial charge in [0.05, 0.1) is 24.0 Å². The van der Waals surface area contributed by atoms with E-state index in [-0.39, 0.29) is 28.8 Å². The molecule has 3 aromatic rings. The molecule has 1 aromatic heterocycles. The number of nitrogens with two attached hydrogens (primary N) is 1. The van der Waals surface area contributed by atoms with E-state index in [1.54, 1.807) is 55.5 Å². The highest BCUT2D eigenvalue weighted by molar-refractivity contribution is 5.97. The minimum absolute atomic E-state index is 0.0514. The molecule has 0 amide bonds. The molecule has 1 aliphatic rings. The van der Waals surface area contributed by atoms with Gasteiger partial charge in [0.1, 0.15) is 23.2 Å². The lowest BCUT2D eigenvalue weighted by Gasteiger charge is -2.18. The molecule has 0 radical (unpaired) electrons. The molecule has 0 fully saturated rings. The smallest absolute Gasteiger partial charge is 0.340 e. The Balaban J connectivity index is 2.02. The lowest BCUT2D eigenvalue weighted by atomic mass is 9.99. The summed E-state index contributed by atoms with van der Waals surface area (Å²) in [6.45, 7) is 4.19. The Morgan fingerprint density at radius 3 is 2.20 bits per heavy atom. The van der Waals surface area contributed by atoms with Gasteiger partial charge in [0.25, 0.3) is 11.1 Å². The van der Waals surface area contributed by atoms with Gasteiger partial charge < -0.3 is 15.2 Å². The predicted molar refractivity (Wildman–Crippen MR) is 112 cm³/mol. The van der Waals surface area contributed by atoms with Crippen molar-refractivity contribution in [3.8, 4) is 5.75 Å². The molecule has 154 valence electrons. The first-order valence-electron chi connectivity index (χ1n) is 9.66. The first-order chi connectivity index (χ1) is 14.5. The van der Waals surface area contributed by atoms with Gasteiger partial charge in [-0.3, -0.25) is 9.59 Å². The largest absolute Gasteiger partial charge is 0.494 e. The highest BCUT2D eigenvalue weighted by atomic mass is 16.5. The maximum atomic E-state index is 13.3. The van der Waals surface area contributed by atoms with E-state index in [1.165, 1.54) is 4.68 Å². The molecule has 0 spiro atoms. The fourth-order valence-electron chi connectivity index (χ4n) is 3.76. The van der Waals surface area contributed by atoms with Gasteiger partial charge in [-0.05, 0) is 43.7 Å². The summed E-state index contributed by atoms with van der Waals surface area (Å²) in [6, 6.07) is 12.6. The first kappa shape index (κ1) is 19.5. The number of hydrogen-bond donors (Lipinski definition) is 1. The molecule has 1 unspecified atom stereocenters. The number of hydrogen-bond acceptors (Lipinski definition) is 6. The Kier molecular flexibility index (Phi) is 4.91. The number of esters is 1. The zero-order chi connectivity index (χ0) is 21.4. The van der Waals surface area contributed by atoms with Crippen LogP contribution in [0.5, 0.6) is 5.75 Å². The second-order valence-electron chi connectivity index (χ2n) is 6.74.